The summed E-state index contributed by atoms with van der Waals surface area (Å²) in [5.74, 6) is 4.09. The van der Waals surface area contributed by atoms with Crippen molar-refractivity contribution in [2.24, 2.45) is 11.8 Å². The molecule has 4 aromatic rings. The fraction of sp³-hybridized carbons (Fsp3) is 0.323. The molecule has 7 nitrogen and oxygen atoms in total. The van der Waals surface area contributed by atoms with Gasteiger partial charge in [0.1, 0.15) is 17.2 Å². The predicted molar refractivity (Wildman–Crippen MR) is 149 cm³/mol. The van der Waals surface area contributed by atoms with Gasteiger partial charge in [0.2, 0.25) is 0 Å². The molecule has 39 heavy (non-hydrogen) atoms. The number of aromatic hydroxyl groups is 1. The first-order valence-corrected chi connectivity index (χ1v) is 12.3. The topological polar surface area (TPSA) is 90.3 Å². The van der Waals surface area contributed by atoms with E-state index in [2.05, 4.69) is 32.9 Å². The molecule has 0 aliphatic heterocycles. The van der Waals surface area contributed by atoms with Crippen LogP contribution in [0.1, 0.15) is 48.8 Å². The molecule has 2 aliphatic carbocycles. The summed E-state index contributed by atoms with van der Waals surface area (Å²) in [5.41, 5.74) is 3.66. The second kappa shape index (κ2) is 15.3. The minimum Gasteiger partial charge on any atom is -0.506 e. The van der Waals surface area contributed by atoms with Gasteiger partial charge < -0.3 is 22.0 Å². The van der Waals surface area contributed by atoms with Crippen molar-refractivity contribution in [3.05, 3.63) is 110 Å². The monoisotopic (exact) mass is 619 g/mol. The quantitative estimate of drug-likeness (QED) is 0.180. The second-order valence-corrected chi connectivity index (χ2v) is 9.48. The van der Waals surface area contributed by atoms with Crippen LogP contribution in [0.2, 0.25) is 0 Å². The summed E-state index contributed by atoms with van der Waals surface area (Å²) in [7, 11) is 0. The molecular weight excluding hydrogens is 583 g/mol. The molecule has 0 unspecified atom stereocenters. The number of rotatable bonds is 8. The van der Waals surface area contributed by atoms with Crippen molar-refractivity contribution in [3.63, 3.8) is 0 Å². The average Bonchev–Trinajstić information content (AvgIpc) is 3.83. The third kappa shape index (κ3) is 9.42. The van der Waals surface area contributed by atoms with Gasteiger partial charge in [0, 0.05) is 63.2 Å². The minimum absolute atomic E-state index is 0. The molecule has 8 heteroatoms. The minimum atomic E-state index is 0. The molecule has 2 fully saturated rings. The maximum absolute atomic E-state index is 9.38. The largest absolute Gasteiger partial charge is 0.506 e. The Morgan fingerprint density at radius 3 is 1.72 bits per heavy atom. The third-order valence-corrected chi connectivity index (χ3v) is 6.54. The van der Waals surface area contributed by atoms with Gasteiger partial charge in [0.05, 0.1) is 31.8 Å². The first-order chi connectivity index (χ1) is 17.7. The van der Waals surface area contributed by atoms with E-state index in [9.17, 15) is 5.11 Å². The summed E-state index contributed by atoms with van der Waals surface area (Å²) in [6, 6.07) is 11.6. The van der Waals surface area contributed by atoms with E-state index in [1.54, 1.807) is 30.9 Å². The molecule has 0 bridgehead atoms. The van der Waals surface area contributed by atoms with E-state index < -0.39 is 0 Å². The molecule has 0 aromatic carbocycles. The number of hydrogen-bond donors (Lipinski definition) is 1. The summed E-state index contributed by atoms with van der Waals surface area (Å²) in [6.45, 7) is 3.54. The van der Waals surface area contributed by atoms with E-state index in [-0.39, 0.29) is 41.0 Å². The van der Waals surface area contributed by atoms with Crippen LogP contribution in [0.5, 0.6) is 17.2 Å². The molecule has 0 amide bonds. The number of hydrogen-bond acceptors (Lipinski definition) is 7. The van der Waals surface area contributed by atoms with Crippen molar-refractivity contribution in [2.75, 3.05) is 13.2 Å². The zero-order chi connectivity index (χ0) is 24.7. The Bertz CT molecular complexity index is 1160. The van der Waals surface area contributed by atoms with Crippen molar-refractivity contribution in [3.8, 4) is 17.2 Å². The second-order valence-electron chi connectivity index (χ2n) is 9.48. The van der Waals surface area contributed by atoms with Crippen LogP contribution < -0.4 is 9.47 Å². The van der Waals surface area contributed by atoms with E-state index in [0.717, 1.165) is 30.1 Å². The molecular formula is C31H37N4O3Pd-. The van der Waals surface area contributed by atoms with Crippen LogP contribution in [0, 0.1) is 26.2 Å². The Labute approximate surface area is 245 Å². The summed E-state index contributed by atoms with van der Waals surface area (Å²) in [6.07, 6.45) is 16.4. The molecule has 210 valence electrons. The zero-order valence-electron chi connectivity index (χ0n) is 21.6. The van der Waals surface area contributed by atoms with Gasteiger partial charge in [-0.25, -0.2) is 0 Å². The van der Waals surface area contributed by atoms with E-state index in [1.807, 2.05) is 42.9 Å². The van der Waals surface area contributed by atoms with E-state index in [1.165, 1.54) is 23.7 Å². The molecule has 2 saturated carbocycles. The fourth-order valence-electron chi connectivity index (χ4n) is 4.38. The Balaban J connectivity index is 0.000000254. The molecule has 6 rings (SSSR count). The van der Waals surface area contributed by atoms with E-state index in [0.29, 0.717) is 30.3 Å². The van der Waals surface area contributed by atoms with Crippen LogP contribution >= 0.6 is 0 Å². The van der Waals surface area contributed by atoms with Crippen LogP contribution in [0.25, 0.3) is 0 Å². The van der Waals surface area contributed by atoms with Gasteiger partial charge in [-0.2, -0.15) is 0 Å². The van der Waals surface area contributed by atoms with Gasteiger partial charge in [-0.05, 0) is 78.6 Å². The number of ether oxygens (including phenoxy) is 2. The van der Waals surface area contributed by atoms with Crippen molar-refractivity contribution in [2.45, 2.75) is 39.0 Å². The number of pyridine rings is 4. The van der Waals surface area contributed by atoms with Crippen molar-refractivity contribution in [1.29, 1.82) is 0 Å². The van der Waals surface area contributed by atoms with Crippen LogP contribution in [0.4, 0.5) is 0 Å². The maximum Gasteiger partial charge on any atom is 0.137 e. The Hall–Kier alpha value is -3.34. The first kappa shape index (κ1) is 31.9. The molecule has 0 saturated heterocycles. The molecule has 2 aliphatic rings. The Morgan fingerprint density at radius 2 is 1.26 bits per heavy atom. The van der Waals surface area contributed by atoms with Crippen LogP contribution in [-0.4, -0.2) is 38.3 Å². The molecule has 4 heterocycles. The number of aromatic nitrogens is 4. The average molecular weight is 620 g/mol. The van der Waals surface area contributed by atoms with Gasteiger partial charge in [-0.3, -0.25) is 19.9 Å². The van der Waals surface area contributed by atoms with Gasteiger partial charge in [0.15, 0.2) is 0 Å². The summed E-state index contributed by atoms with van der Waals surface area (Å²) in [4.78, 5) is 16.3. The SMILES string of the molecule is C.Cc1cncc([C@H]2C[C@@H]2COc2cccnc2)c1.Oc1cncc([C@H]2C[C@@H]2COc2cccnc2)c1.[CH3-].[Pd]. The molecule has 4 aromatic heterocycles. The smallest absolute Gasteiger partial charge is 0.137 e. The maximum atomic E-state index is 9.38. The standard InChI is InChI=1S/C15H16N2O.C14H14N2O2.CH4.CH3.Pd/c1-11-5-12(8-17-7-11)15-6-13(15)10-18-14-3-2-4-16-9-14;17-12-4-10(6-16-7-12)14-5-11(14)9-18-13-2-1-3-15-8-13;;;/h2-5,7-9,13,15H,6,10H2,1H3;1-4,6-8,11,14,17H,5,9H2;1H4;1H3;/q;;;-1;/t13-,15-;11-,14-;;;/m11.../s1. The Morgan fingerprint density at radius 1 is 0.744 bits per heavy atom. The number of nitrogens with zero attached hydrogens (tertiary/aromatic N) is 4. The van der Waals surface area contributed by atoms with Crippen molar-refractivity contribution < 1.29 is 35.0 Å². The summed E-state index contributed by atoms with van der Waals surface area (Å²) < 4.78 is 11.4. The van der Waals surface area contributed by atoms with E-state index in [4.69, 9.17) is 9.47 Å². The normalized spacial score (nSPS) is 19.9. The molecule has 4 atom stereocenters. The van der Waals surface area contributed by atoms with Crippen molar-refractivity contribution >= 4 is 0 Å². The van der Waals surface area contributed by atoms with Crippen LogP contribution in [0.15, 0.2) is 86.0 Å². The number of aryl methyl sites for hydroxylation is 1. The van der Waals surface area contributed by atoms with Crippen LogP contribution in [-0.2, 0) is 20.4 Å². The molecule has 0 radical (unpaired) electrons. The van der Waals surface area contributed by atoms with Gasteiger partial charge in [-0.15, -0.1) is 0 Å². The molecule has 1 N–H and O–H groups in total. The Kier molecular flexibility index (Phi) is 12.5. The van der Waals surface area contributed by atoms with Gasteiger partial charge in [-0.1, -0.05) is 13.5 Å². The zero-order valence-corrected chi connectivity index (χ0v) is 23.1. The van der Waals surface area contributed by atoms with Gasteiger partial charge >= 0.3 is 0 Å². The van der Waals surface area contributed by atoms with Crippen molar-refractivity contribution in [1.82, 2.24) is 19.9 Å². The fourth-order valence-corrected chi connectivity index (χ4v) is 4.38. The van der Waals surface area contributed by atoms with Crippen LogP contribution in [0.3, 0.4) is 0 Å². The summed E-state index contributed by atoms with van der Waals surface area (Å²) >= 11 is 0. The van der Waals surface area contributed by atoms with E-state index >= 15 is 0 Å². The molecule has 0 spiro atoms. The summed E-state index contributed by atoms with van der Waals surface area (Å²) in [5, 5.41) is 9.38. The predicted octanol–water partition coefficient (Wildman–Crippen LogP) is 6.42. The first-order valence-electron chi connectivity index (χ1n) is 12.3. The third-order valence-electron chi connectivity index (χ3n) is 6.54. The van der Waals surface area contributed by atoms with Gasteiger partial charge in [0.25, 0.3) is 0 Å².